The van der Waals surface area contributed by atoms with Gasteiger partial charge in [0.15, 0.2) is 0 Å². The summed E-state index contributed by atoms with van der Waals surface area (Å²) in [5.41, 5.74) is -0.329. The van der Waals surface area contributed by atoms with Crippen molar-refractivity contribution in [2.24, 2.45) is 5.41 Å². The first-order valence-electron chi connectivity index (χ1n) is 11.9. The number of halogens is 4. The third-order valence-corrected chi connectivity index (χ3v) is 6.77. The van der Waals surface area contributed by atoms with E-state index in [4.69, 9.17) is 16.3 Å². The van der Waals surface area contributed by atoms with E-state index in [0.717, 1.165) is 17.4 Å². The Bertz CT molecular complexity index is 1160. The molecule has 1 aromatic heterocycles. The molecule has 0 radical (unpaired) electrons. The fraction of sp³-hybridized carbons (Fsp3) is 0.480. The van der Waals surface area contributed by atoms with Crippen molar-refractivity contribution in [2.45, 2.75) is 33.2 Å². The zero-order valence-electron chi connectivity index (χ0n) is 21.2. The van der Waals surface area contributed by atoms with Gasteiger partial charge in [-0.05, 0) is 35.7 Å². The predicted molar refractivity (Wildman–Crippen MR) is 141 cm³/mol. The van der Waals surface area contributed by atoms with Crippen LogP contribution in [-0.2, 0) is 14.3 Å². The Hall–Kier alpha value is -2.67. The van der Waals surface area contributed by atoms with Crippen molar-refractivity contribution >= 4 is 52.0 Å². The molecule has 1 aromatic carbocycles. The number of nitrogens with one attached hydrogen (secondary N) is 2. The molecular formula is C25H30ClF3N4O4S. The second-order valence-electron chi connectivity index (χ2n) is 9.96. The van der Waals surface area contributed by atoms with Gasteiger partial charge in [0.05, 0.1) is 28.1 Å². The van der Waals surface area contributed by atoms with Gasteiger partial charge in [-0.3, -0.25) is 19.3 Å². The SMILES string of the molecule is CC(C)(C)CN(CC(F)F)[C@H](CNC(=O)c1ccc(Cl)s1)C(=O)Nc1ccc(N2CCOCC2=O)c(F)c1. The number of thiophene rings is 1. The zero-order valence-corrected chi connectivity index (χ0v) is 22.8. The third kappa shape index (κ3) is 8.42. The lowest BCUT2D eigenvalue weighted by atomic mass is 9.95. The van der Waals surface area contributed by atoms with Crippen LogP contribution >= 0.6 is 22.9 Å². The van der Waals surface area contributed by atoms with Gasteiger partial charge in [0, 0.05) is 25.3 Å². The lowest BCUT2D eigenvalue weighted by molar-refractivity contribution is -0.126. The van der Waals surface area contributed by atoms with Gasteiger partial charge in [-0.2, -0.15) is 0 Å². The largest absolute Gasteiger partial charge is 0.370 e. The highest BCUT2D eigenvalue weighted by Gasteiger charge is 2.32. The zero-order chi connectivity index (χ0) is 28.0. The number of carbonyl (C=O) groups is 3. The molecule has 2 aromatic rings. The molecule has 1 aliphatic heterocycles. The van der Waals surface area contributed by atoms with Gasteiger partial charge in [-0.15, -0.1) is 11.3 Å². The number of anilines is 2. The van der Waals surface area contributed by atoms with Gasteiger partial charge in [-0.25, -0.2) is 13.2 Å². The van der Waals surface area contributed by atoms with Crippen molar-refractivity contribution in [1.29, 1.82) is 0 Å². The standard InChI is InChI=1S/C25H30ClF3N4O4S/c1-25(2,3)14-32(12-21(28)29)18(11-30-24(36)19-6-7-20(26)38-19)23(35)31-15-4-5-17(16(27)10-15)33-8-9-37-13-22(33)34/h4-7,10,18,21H,8-9,11-14H2,1-3H3,(H,30,36)(H,31,35)/t18-/m1/s1. The second-order valence-corrected chi connectivity index (χ2v) is 11.7. The molecule has 8 nitrogen and oxygen atoms in total. The normalized spacial score (nSPS) is 15.2. The molecule has 2 N–H and O–H groups in total. The van der Waals surface area contributed by atoms with E-state index in [0.29, 0.717) is 9.21 Å². The Morgan fingerprint density at radius 3 is 2.55 bits per heavy atom. The Labute approximate surface area is 228 Å². The van der Waals surface area contributed by atoms with Crippen molar-refractivity contribution in [3.63, 3.8) is 0 Å². The van der Waals surface area contributed by atoms with E-state index < -0.39 is 42.1 Å². The van der Waals surface area contributed by atoms with Crippen molar-refractivity contribution in [2.75, 3.05) is 49.6 Å². The molecule has 208 valence electrons. The summed E-state index contributed by atoms with van der Waals surface area (Å²) in [7, 11) is 0. The number of morpholine rings is 1. The predicted octanol–water partition coefficient (Wildman–Crippen LogP) is 4.25. The van der Waals surface area contributed by atoms with Crippen molar-refractivity contribution < 1.29 is 32.3 Å². The number of carbonyl (C=O) groups excluding carboxylic acids is 3. The van der Waals surface area contributed by atoms with Crippen LogP contribution in [0.3, 0.4) is 0 Å². The highest BCUT2D eigenvalue weighted by molar-refractivity contribution is 7.18. The number of ether oxygens (including phenoxy) is 1. The number of benzene rings is 1. The molecule has 38 heavy (non-hydrogen) atoms. The maximum atomic E-state index is 14.9. The summed E-state index contributed by atoms with van der Waals surface area (Å²) in [4.78, 5) is 40.9. The molecule has 1 aliphatic rings. The summed E-state index contributed by atoms with van der Waals surface area (Å²) in [6, 6.07) is 5.72. The average molecular weight is 575 g/mol. The van der Waals surface area contributed by atoms with Gasteiger partial charge in [0.25, 0.3) is 18.2 Å². The summed E-state index contributed by atoms with van der Waals surface area (Å²) >= 11 is 6.94. The second kappa shape index (κ2) is 12.9. The molecular weight excluding hydrogens is 545 g/mol. The Kier molecular flexibility index (Phi) is 10.2. The van der Waals surface area contributed by atoms with E-state index in [1.54, 1.807) is 6.07 Å². The molecule has 1 atom stereocenters. The van der Waals surface area contributed by atoms with Crippen LogP contribution in [0.5, 0.6) is 0 Å². The lowest BCUT2D eigenvalue weighted by Crippen LogP contribution is -2.54. The summed E-state index contributed by atoms with van der Waals surface area (Å²) in [5.74, 6) is -2.33. The minimum absolute atomic E-state index is 0.0433. The van der Waals surface area contributed by atoms with E-state index >= 15 is 0 Å². The number of hydrogen-bond acceptors (Lipinski definition) is 6. The fourth-order valence-corrected chi connectivity index (χ4v) is 4.95. The van der Waals surface area contributed by atoms with Crippen LogP contribution in [0, 0.1) is 11.2 Å². The number of rotatable bonds is 10. The first kappa shape index (κ1) is 29.9. The smallest absolute Gasteiger partial charge is 0.261 e. The molecule has 0 saturated carbocycles. The van der Waals surface area contributed by atoms with Crippen LogP contribution in [0.2, 0.25) is 4.34 Å². The monoisotopic (exact) mass is 574 g/mol. The Morgan fingerprint density at radius 1 is 1.24 bits per heavy atom. The molecule has 3 amide bonds. The van der Waals surface area contributed by atoms with Crippen LogP contribution in [0.4, 0.5) is 24.5 Å². The van der Waals surface area contributed by atoms with Crippen LogP contribution in [-0.4, -0.2) is 74.5 Å². The van der Waals surface area contributed by atoms with E-state index in [2.05, 4.69) is 10.6 Å². The average Bonchev–Trinajstić information content (AvgIpc) is 3.25. The summed E-state index contributed by atoms with van der Waals surface area (Å²) in [6.07, 6.45) is -2.73. The number of amides is 3. The van der Waals surface area contributed by atoms with Gasteiger partial charge in [-0.1, -0.05) is 32.4 Å². The van der Waals surface area contributed by atoms with Crippen LogP contribution in [0.1, 0.15) is 30.4 Å². The topological polar surface area (TPSA) is 91.0 Å². The van der Waals surface area contributed by atoms with Gasteiger partial charge < -0.3 is 20.3 Å². The van der Waals surface area contributed by atoms with Crippen molar-refractivity contribution in [3.05, 3.63) is 45.4 Å². The van der Waals surface area contributed by atoms with Crippen molar-refractivity contribution in [3.8, 4) is 0 Å². The number of hydrogen-bond donors (Lipinski definition) is 2. The molecule has 0 spiro atoms. The first-order valence-corrected chi connectivity index (χ1v) is 13.1. The molecule has 0 aliphatic carbocycles. The first-order chi connectivity index (χ1) is 17.8. The molecule has 3 rings (SSSR count). The summed E-state index contributed by atoms with van der Waals surface area (Å²) < 4.78 is 47.4. The van der Waals surface area contributed by atoms with Crippen molar-refractivity contribution in [1.82, 2.24) is 10.2 Å². The Morgan fingerprint density at radius 2 is 1.97 bits per heavy atom. The third-order valence-electron chi connectivity index (χ3n) is 5.54. The van der Waals surface area contributed by atoms with Gasteiger partial charge in [0.1, 0.15) is 18.5 Å². The van der Waals surface area contributed by atoms with E-state index in [-0.39, 0.29) is 50.1 Å². The molecule has 0 unspecified atom stereocenters. The number of alkyl halides is 2. The van der Waals surface area contributed by atoms with E-state index in [1.165, 1.54) is 28.0 Å². The molecule has 0 bridgehead atoms. The van der Waals surface area contributed by atoms with E-state index in [9.17, 15) is 27.6 Å². The number of nitrogens with zero attached hydrogens (tertiary/aromatic N) is 2. The van der Waals surface area contributed by atoms with Crippen LogP contribution in [0.25, 0.3) is 0 Å². The van der Waals surface area contributed by atoms with Gasteiger partial charge >= 0.3 is 0 Å². The lowest BCUT2D eigenvalue weighted by Gasteiger charge is -2.35. The highest BCUT2D eigenvalue weighted by atomic mass is 35.5. The van der Waals surface area contributed by atoms with Gasteiger partial charge in [0.2, 0.25) is 5.91 Å². The fourth-order valence-electron chi connectivity index (χ4n) is 3.99. The van der Waals surface area contributed by atoms with Crippen LogP contribution < -0.4 is 15.5 Å². The maximum absolute atomic E-state index is 14.9. The van der Waals surface area contributed by atoms with Crippen LogP contribution in [0.15, 0.2) is 30.3 Å². The minimum Gasteiger partial charge on any atom is -0.370 e. The minimum atomic E-state index is -2.73. The molecule has 2 heterocycles. The molecule has 1 fully saturated rings. The van der Waals surface area contributed by atoms with E-state index in [1.807, 2.05) is 20.8 Å². The molecule has 1 saturated heterocycles. The maximum Gasteiger partial charge on any atom is 0.261 e. The quantitative estimate of drug-likeness (QED) is 0.443. The summed E-state index contributed by atoms with van der Waals surface area (Å²) in [5, 5.41) is 5.19. The molecule has 13 heteroatoms. The Balaban J connectivity index is 1.81. The highest BCUT2D eigenvalue weighted by Crippen LogP contribution is 2.25. The summed E-state index contributed by atoms with van der Waals surface area (Å²) in [6.45, 7) is 4.97.